The van der Waals surface area contributed by atoms with Gasteiger partial charge in [-0.25, -0.2) is 17.5 Å². The van der Waals surface area contributed by atoms with Gasteiger partial charge in [0.2, 0.25) is 11.7 Å². The number of hydrogen-bond donors (Lipinski definition) is 3. The molecule has 7 aliphatic rings. The highest BCUT2D eigenvalue weighted by molar-refractivity contribution is 7.90. The maximum Gasteiger partial charge on any atom is 0.293 e. The van der Waals surface area contributed by atoms with Crippen molar-refractivity contribution in [1.29, 1.82) is 0 Å². The molecule has 80 heavy (non-hydrogen) atoms. The van der Waals surface area contributed by atoms with Gasteiger partial charge in [-0.15, -0.1) is 0 Å². The SMILES string of the molecule is Cc1ccccc1[C@@H]1CN([C@@H]2CCOc3c2ccc(F)c3F)CCN1C1CC2(CCN(c3ccc(C(=O)NS(=O)(=O)c4ccc(NCC5CCOCC5)c([N+](=O)[O-])c4)c(N4c5cc6cc[nH]c6nc5O[C@H]5COCC[C@@H]54)c3)CC2)C1. The number of aromatic nitrogens is 2. The third-order valence-corrected chi connectivity index (χ3v) is 19.6. The van der Waals surface area contributed by atoms with Crippen molar-refractivity contribution < 1.29 is 45.9 Å². The Morgan fingerprint density at radius 2 is 1.69 bits per heavy atom. The average Bonchev–Trinajstić information content (AvgIpc) is 3.98. The number of aromatic amines is 1. The second kappa shape index (κ2) is 21.2. The maximum atomic E-state index is 15.0. The summed E-state index contributed by atoms with van der Waals surface area (Å²) in [5, 5.41) is 16.3. The van der Waals surface area contributed by atoms with Crippen molar-refractivity contribution in [3.05, 3.63) is 135 Å². The standard InChI is InChI=1S/C59H65F2N9O9S/c1-36-4-2-3-5-42(36)52-34-67(47-16-27-78-55-43(47)9-10-45(60)54(55)61)22-23-68(52)40-31-59(32-40)17-20-66(21-18-59)39-6-8-44(49(29-39)69-48-15-26-77-35-53(48)79-58-51(69)28-38-12-19-62-56(38)64-58)57(71)65-80(74,75)41-7-11-46(50(30-41)70(72)73)63-33-37-13-24-76-25-14-37/h2-12,19,28-30,37,40,47-48,52-53,63H,13-18,20-27,31-35H2,1H3,(H,62,64)(H,65,71)/t47-,48+,52+,53+/m1/s1. The molecule has 1 saturated carbocycles. The number of amides is 1. The molecule has 5 fully saturated rings. The van der Waals surface area contributed by atoms with Crippen LogP contribution in [0.25, 0.3) is 11.0 Å². The summed E-state index contributed by atoms with van der Waals surface area (Å²) < 4.78 is 83.7. The van der Waals surface area contributed by atoms with Gasteiger partial charge in [-0.05, 0) is 123 Å². The average molecular weight is 1110 g/mol. The zero-order valence-electron chi connectivity index (χ0n) is 44.6. The Balaban J connectivity index is 0.762. The van der Waals surface area contributed by atoms with Crippen molar-refractivity contribution in [2.24, 2.45) is 11.3 Å². The predicted octanol–water partition coefficient (Wildman–Crippen LogP) is 9.33. The van der Waals surface area contributed by atoms with Crippen LogP contribution in [0, 0.1) is 40.0 Å². The molecule has 21 heteroatoms. The van der Waals surface area contributed by atoms with E-state index in [0.717, 1.165) is 88.4 Å². The lowest BCUT2D eigenvalue weighted by Gasteiger charge is -2.59. The fraction of sp³-hybridized carbons (Fsp3) is 0.458. The van der Waals surface area contributed by atoms with Gasteiger partial charge in [0.25, 0.3) is 21.6 Å². The zero-order chi connectivity index (χ0) is 54.9. The molecule has 4 saturated heterocycles. The Bertz CT molecular complexity index is 3470. The van der Waals surface area contributed by atoms with E-state index in [1.165, 1.54) is 29.3 Å². The fourth-order valence-electron chi connectivity index (χ4n) is 13.8. The number of hydrogen-bond acceptors (Lipinski definition) is 15. The molecular weight excluding hydrogens is 1050 g/mol. The minimum atomic E-state index is -4.64. The number of nitrogens with zero attached hydrogens (tertiary/aromatic N) is 6. The molecule has 1 spiro atoms. The number of carbonyl (C=O) groups excluding carboxylic acids is 1. The van der Waals surface area contributed by atoms with Crippen LogP contribution in [-0.2, 0) is 19.5 Å². The van der Waals surface area contributed by atoms with Crippen LogP contribution in [0.4, 0.5) is 37.2 Å². The van der Waals surface area contributed by atoms with Crippen molar-refractivity contribution in [2.75, 3.05) is 87.4 Å². The van der Waals surface area contributed by atoms with Gasteiger partial charge in [0.05, 0.1) is 40.3 Å². The highest BCUT2D eigenvalue weighted by atomic mass is 32.2. The van der Waals surface area contributed by atoms with Crippen LogP contribution in [0.2, 0.25) is 0 Å². The molecule has 1 aliphatic carbocycles. The van der Waals surface area contributed by atoms with Crippen LogP contribution in [0.1, 0.15) is 90.5 Å². The number of benzene rings is 4. The van der Waals surface area contributed by atoms with E-state index in [1.54, 1.807) is 18.3 Å². The lowest BCUT2D eigenvalue weighted by molar-refractivity contribution is -0.384. The molecule has 420 valence electrons. The number of piperazine rings is 1. The van der Waals surface area contributed by atoms with Crippen LogP contribution in [0.15, 0.2) is 96.0 Å². The second-order valence-corrected chi connectivity index (χ2v) is 24.5. The van der Waals surface area contributed by atoms with E-state index >= 15 is 4.39 Å². The second-order valence-electron chi connectivity index (χ2n) is 22.8. The van der Waals surface area contributed by atoms with Crippen LogP contribution in [0.5, 0.6) is 11.6 Å². The van der Waals surface area contributed by atoms with Gasteiger partial charge in [-0.3, -0.25) is 24.7 Å². The van der Waals surface area contributed by atoms with E-state index in [1.807, 2.05) is 24.3 Å². The molecule has 13 rings (SSSR count). The minimum Gasteiger partial charge on any atom is -0.490 e. The van der Waals surface area contributed by atoms with Crippen molar-refractivity contribution in [3.63, 3.8) is 0 Å². The van der Waals surface area contributed by atoms with Gasteiger partial charge in [0.15, 0.2) is 11.6 Å². The number of pyridine rings is 1. The molecular formula is C59H65F2N9O9S. The van der Waals surface area contributed by atoms with Gasteiger partial charge < -0.3 is 39.0 Å². The molecule has 0 unspecified atom stereocenters. The summed E-state index contributed by atoms with van der Waals surface area (Å²) in [5.41, 5.74) is 5.83. The van der Waals surface area contributed by atoms with Gasteiger partial charge >= 0.3 is 0 Å². The molecule has 18 nitrogen and oxygen atoms in total. The first-order valence-electron chi connectivity index (χ1n) is 28.0. The topological polar surface area (TPSA) is 197 Å². The molecule has 1 amide bonds. The first-order valence-corrected chi connectivity index (χ1v) is 29.5. The number of fused-ring (bicyclic) bond motifs is 4. The molecule has 4 atom stereocenters. The lowest BCUT2D eigenvalue weighted by atomic mass is 9.59. The Morgan fingerprint density at radius 3 is 2.50 bits per heavy atom. The monoisotopic (exact) mass is 1110 g/mol. The number of sulfonamides is 1. The van der Waals surface area contributed by atoms with E-state index in [9.17, 15) is 27.7 Å². The van der Waals surface area contributed by atoms with Crippen molar-refractivity contribution in [3.8, 4) is 11.6 Å². The quantitative estimate of drug-likeness (QED) is 0.0774. The first-order chi connectivity index (χ1) is 38.8. The Labute approximate surface area is 462 Å². The summed E-state index contributed by atoms with van der Waals surface area (Å²) in [6, 6.07) is 24.6. The molecule has 8 heterocycles. The van der Waals surface area contributed by atoms with E-state index in [2.05, 4.69) is 65.8 Å². The molecule has 4 aromatic carbocycles. The number of carbonyl (C=O) groups is 1. The fourth-order valence-corrected chi connectivity index (χ4v) is 14.8. The summed E-state index contributed by atoms with van der Waals surface area (Å²) in [6.07, 6.45) is 8.25. The van der Waals surface area contributed by atoms with Crippen LogP contribution >= 0.6 is 0 Å². The van der Waals surface area contributed by atoms with E-state index in [4.69, 9.17) is 23.9 Å². The summed E-state index contributed by atoms with van der Waals surface area (Å²) in [7, 11) is -4.64. The highest BCUT2D eigenvalue weighted by Gasteiger charge is 2.51. The summed E-state index contributed by atoms with van der Waals surface area (Å²) in [6.45, 7) is 8.84. The van der Waals surface area contributed by atoms with E-state index in [-0.39, 0.29) is 53.1 Å². The first kappa shape index (κ1) is 52.5. The summed E-state index contributed by atoms with van der Waals surface area (Å²) >= 11 is 0. The largest absolute Gasteiger partial charge is 0.490 e. The van der Waals surface area contributed by atoms with Crippen molar-refractivity contribution in [1.82, 2.24) is 24.5 Å². The number of piperidine rings is 1. The molecule has 3 N–H and O–H groups in total. The Hall–Kier alpha value is -6.91. The number of aryl methyl sites for hydroxylation is 1. The van der Waals surface area contributed by atoms with Crippen molar-refractivity contribution in [2.45, 2.75) is 93.5 Å². The van der Waals surface area contributed by atoms with Crippen molar-refractivity contribution >= 4 is 55.4 Å². The summed E-state index contributed by atoms with van der Waals surface area (Å²) in [4.78, 5) is 43.7. The van der Waals surface area contributed by atoms with Gasteiger partial charge in [-0.1, -0.05) is 30.3 Å². The maximum absolute atomic E-state index is 15.0. The summed E-state index contributed by atoms with van der Waals surface area (Å²) in [5.74, 6) is -2.08. The number of halogens is 2. The van der Waals surface area contributed by atoms with Crippen LogP contribution in [-0.4, -0.2) is 130 Å². The molecule has 6 aliphatic heterocycles. The van der Waals surface area contributed by atoms with E-state index < -0.39 is 49.2 Å². The van der Waals surface area contributed by atoms with Crippen LogP contribution < -0.4 is 29.3 Å². The Kier molecular flexibility index (Phi) is 13.9. The van der Waals surface area contributed by atoms with Gasteiger partial charge in [-0.2, -0.15) is 9.37 Å². The number of ether oxygens (including phenoxy) is 4. The lowest BCUT2D eigenvalue weighted by Crippen LogP contribution is -2.60. The third kappa shape index (κ3) is 9.77. The minimum absolute atomic E-state index is 0.0330. The number of rotatable bonds is 12. The van der Waals surface area contributed by atoms with Gasteiger partial charge in [0.1, 0.15) is 23.1 Å². The Morgan fingerprint density at radius 1 is 0.875 bits per heavy atom. The van der Waals surface area contributed by atoms with Crippen LogP contribution in [0.3, 0.4) is 0 Å². The molecule has 0 bridgehead atoms. The smallest absolute Gasteiger partial charge is 0.293 e. The molecule has 2 aromatic heterocycles. The third-order valence-electron chi connectivity index (χ3n) is 18.2. The normalized spacial score (nSPS) is 23.5. The number of anilines is 4. The molecule has 6 aromatic rings. The molecule has 0 radical (unpaired) electrons. The van der Waals surface area contributed by atoms with E-state index in [0.29, 0.717) is 80.3 Å². The highest BCUT2D eigenvalue weighted by Crippen LogP contribution is 2.54. The number of nitro groups is 1. The number of nitro benzene ring substituents is 1. The van der Waals surface area contributed by atoms with Gasteiger partial charge in [0, 0.05) is 113 Å². The predicted molar refractivity (Wildman–Crippen MR) is 296 cm³/mol. The number of H-pyrrole nitrogens is 1. The zero-order valence-corrected chi connectivity index (χ0v) is 45.4. The number of nitrogens with one attached hydrogen (secondary N) is 3.